The van der Waals surface area contributed by atoms with Gasteiger partial charge in [-0.2, -0.15) is 10.5 Å². The maximum Gasteiger partial charge on any atom is 0.136 e. The Kier molecular flexibility index (Phi) is 7.22. The molecule has 0 saturated heterocycles. The zero-order valence-electron chi connectivity index (χ0n) is 28.9. The highest BCUT2D eigenvalue weighted by Crippen LogP contribution is 2.41. The van der Waals surface area contributed by atoms with Crippen molar-refractivity contribution in [2.24, 2.45) is 0 Å². The van der Waals surface area contributed by atoms with Crippen LogP contribution in [0.15, 0.2) is 179 Å². The topological polar surface area (TPSA) is 73.9 Å². The fourth-order valence-corrected chi connectivity index (χ4v) is 7.71. The predicted octanol–water partition coefficient (Wildman–Crippen LogP) is 13.6. The molecule has 2 aromatic heterocycles. The Morgan fingerprint density at radius 2 is 0.648 bits per heavy atom. The van der Waals surface area contributed by atoms with Crippen LogP contribution in [0.3, 0.4) is 0 Å². The molecule has 0 aliphatic heterocycles. The summed E-state index contributed by atoms with van der Waals surface area (Å²) < 4.78 is 12.7. The molecule has 0 radical (unpaired) electrons. The van der Waals surface area contributed by atoms with Gasteiger partial charge in [-0.25, -0.2) is 0 Å². The lowest BCUT2D eigenvalue weighted by molar-refractivity contribution is 0.668. The van der Waals surface area contributed by atoms with E-state index in [1.165, 1.54) is 0 Å². The van der Waals surface area contributed by atoms with Crippen LogP contribution in [0.5, 0.6) is 0 Å². The second kappa shape index (κ2) is 12.5. The molecule has 2 heterocycles. The Morgan fingerprint density at radius 3 is 1.11 bits per heavy atom. The number of furan rings is 2. The van der Waals surface area contributed by atoms with Crippen LogP contribution in [0.2, 0.25) is 0 Å². The minimum absolute atomic E-state index is 0.585. The summed E-state index contributed by atoms with van der Waals surface area (Å²) in [6.07, 6.45) is 0. The summed E-state index contributed by atoms with van der Waals surface area (Å²) in [5, 5.41) is 24.5. The van der Waals surface area contributed by atoms with Gasteiger partial charge in [0.2, 0.25) is 0 Å². The van der Waals surface area contributed by atoms with E-state index in [1.807, 2.05) is 84.9 Å². The van der Waals surface area contributed by atoms with E-state index in [4.69, 9.17) is 8.83 Å². The lowest BCUT2D eigenvalue weighted by atomic mass is 9.88. The van der Waals surface area contributed by atoms with Crippen LogP contribution in [-0.4, -0.2) is 0 Å². The van der Waals surface area contributed by atoms with Gasteiger partial charge >= 0.3 is 0 Å². The van der Waals surface area contributed by atoms with Crippen LogP contribution in [-0.2, 0) is 0 Å². The number of fused-ring (bicyclic) bond motifs is 6. The zero-order valence-corrected chi connectivity index (χ0v) is 28.9. The van der Waals surface area contributed by atoms with Gasteiger partial charge in [0.25, 0.3) is 0 Å². The molecule has 54 heavy (non-hydrogen) atoms. The molecule has 0 bridgehead atoms. The fraction of sp³-hybridized carbons (Fsp3) is 0. The van der Waals surface area contributed by atoms with Gasteiger partial charge in [0.05, 0.1) is 23.3 Å². The Labute approximate surface area is 311 Å². The van der Waals surface area contributed by atoms with Crippen molar-refractivity contribution in [1.29, 1.82) is 10.5 Å². The van der Waals surface area contributed by atoms with Crippen molar-refractivity contribution in [3.05, 3.63) is 181 Å². The van der Waals surface area contributed by atoms with Gasteiger partial charge in [-0.3, -0.25) is 0 Å². The smallest absolute Gasteiger partial charge is 0.136 e. The molecule has 4 nitrogen and oxygen atoms in total. The summed E-state index contributed by atoms with van der Waals surface area (Å²) in [5.74, 6) is 0. The number of nitrogens with zero attached hydrogens (tertiary/aromatic N) is 2. The van der Waals surface area contributed by atoms with Crippen molar-refractivity contribution in [2.75, 3.05) is 0 Å². The number of rotatable bonds is 5. The van der Waals surface area contributed by atoms with Crippen LogP contribution in [0, 0.1) is 22.7 Å². The average Bonchev–Trinajstić information content (AvgIpc) is 3.81. The molecule has 0 spiro atoms. The third kappa shape index (κ3) is 5.22. The molecule has 0 atom stereocenters. The zero-order chi connectivity index (χ0) is 36.2. The van der Waals surface area contributed by atoms with Crippen LogP contribution >= 0.6 is 0 Å². The second-order valence-electron chi connectivity index (χ2n) is 13.5. The molecule has 8 aromatic carbocycles. The molecular formula is C50H28N2O2. The Bertz CT molecular complexity index is 3000. The van der Waals surface area contributed by atoms with E-state index in [-0.39, 0.29) is 0 Å². The molecule has 0 unspecified atom stereocenters. The predicted molar refractivity (Wildman–Crippen MR) is 218 cm³/mol. The summed E-state index contributed by atoms with van der Waals surface area (Å²) >= 11 is 0. The van der Waals surface area contributed by atoms with Gasteiger partial charge in [-0.05, 0) is 141 Å². The van der Waals surface area contributed by atoms with E-state index < -0.39 is 0 Å². The fourth-order valence-electron chi connectivity index (χ4n) is 7.71. The number of benzene rings is 8. The van der Waals surface area contributed by atoms with E-state index in [9.17, 15) is 10.5 Å². The Morgan fingerprint density at radius 1 is 0.296 bits per heavy atom. The quantitative estimate of drug-likeness (QED) is 0.180. The van der Waals surface area contributed by atoms with E-state index in [0.717, 1.165) is 99.5 Å². The molecule has 250 valence electrons. The molecule has 10 aromatic rings. The van der Waals surface area contributed by atoms with Crippen molar-refractivity contribution >= 4 is 43.9 Å². The van der Waals surface area contributed by atoms with Gasteiger partial charge in [-0.1, -0.05) is 84.9 Å². The number of nitriles is 2. The van der Waals surface area contributed by atoms with Gasteiger partial charge < -0.3 is 8.83 Å². The number of para-hydroxylation sites is 2. The number of hydrogen-bond donors (Lipinski definition) is 0. The molecule has 10 rings (SSSR count). The van der Waals surface area contributed by atoms with Gasteiger partial charge in [-0.15, -0.1) is 0 Å². The highest BCUT2D eigenvalue weighted by molar-refractivity contribution is 6.07. The van der Waals surface area contributed by atoms with Gasteiger partial charge in [0.15, 0.2) is 0 Å². The molecular weight excluding hydrogens is 661 g/mol. The Balaban J connectivity index is 1.22. The SMILES string of the molecule is N#Cc1ccccc1-c1cc(-c2cc(-c3ccc4c(c3)oc3ccccc34)cc(-c3ccc4c(c3)oc3ccccc34)c2)cc(-c2ccccc2C#N)c1. The summed E-state index contributed by atoms with van der Waals surface area (Å²) in [7, 11) is 0. The highest BCUT2D eigenvalue weighted by Gasteiger charge is 2.16. The summed E-state index contributed by atoms with van der Waals surface area (Å²) in [6, 6.07) is 62.1. The summed E-state index contributed by atoms with van der Waals surface area (Å²) in [6.45, 7) is 0. The van der Waals surface area contributed by atoms with Crippen LogP contribution in [0.4, 0.5) is 0 Å². The first-order chi connectivity index (χ1) is 26.6. The van der Waals surface area contributed by atoms with Crippen molar-refractivity contribution in [3.8, 4) is 67.8 Å². The molecule has 0 aliphatic carbocycles. The second-order valence-corrected chi connectivity index (χ2v) is 13.5. The van der Waals surface area contributed by atoms with Gasteiger partial charge in [0.1, 0.15) is 22.3 Å². The molecule has 0 aliphatic rings. The van der Waals surface area contributed by atoms with E-state index in [2.05, 4.69) is 97.1 Å². The standard InChI is InChI=1S/C50H28N2O2/c51-29-33-9-1-3-11-41(33)39-24-38(25-40(26-39)42-12-4-2-10-34(42)30-52)37-22-35(31-17-19-45-43-13-5-7-15-47(43)53-49(45)27-31)21-36(23-37)32-18-20-46-44-14-6-8-16-48(44)54-50(46)28-32/h1-28H. The van der Waals surface area contributed by atoms with Crippen LogP contribution < -0.4 is 0 Å². The van der Waals surface area contributed by atoms with Crippen molar-refractivity contribution < 1.29 is 8.83 Å². The van der Waals surface area contributed by atoms with Crippen molar-refractivity contribution in [3.63, 3.8) is 0 Å². The molecule has 0 saturated carbocycles. The van der Waals surface area contributed by atoms with Crippen LogP contribution in [0.25, 0.3) is 99.5 Å². The summed E-state index contributed by atoms with van der Waals surface area (Å²) in [4.78, 5) is 0. The van der Waals surface area contributed by atoms with Crippen molar-refractivity contribution in [1.82, 2.24) is 0 Å². The van der Waals surface area contributed by atoms with E-state index in [1.54, 1.807) is 0 Å². The normalized spacial score (nSPS) is 11.3. The molecule has 0 amide bonds. The minimum atomic E-state index is 0.585. The van der Waals surface area contributed by atoms with E-state index in [0.29, 0.717) is 11.1 Å². The Hall–Kier alpha value is -7.66. The van der Waals surface area contributed by atoms with Crippen molar-refractivity contribution in [2.45, 2.75) is 0 Å². The maximum absolute atomic E-state index is 10.1. The number of hydrogen-bond acceptors (Lipinski definition) is 4. The lowest BCUT2D eigenvalue weighted by Gasteiger charge is -2.15. The lowest BCUT2D eigenvalue weighted by Crippen LogP contribution is -1.91. The molecule has 0 fully saturated rings. The summed E-state index contributed by atoms with van der Waals surface area (Å²) in [5.41, 5.74) is 14.0. The minimum Gasteiger partial charge on any atom is -0.456 e. The van der Waals surface area contributed by atoms with Crippen LogP contribution in [0.1, 0.15) is 11.1 Å². The maximum atomic E-state index is 10.1. The first-order valence-electron chi connectivity index (χ1n) is 17.8. The molecule has 0 N–H and O–H groups in total. The average molecular weight is 689 g/mol. The third-order valence-corrected chi connectivity index (χ3v) is 10.3. The molecule has 4 heteroatoms. The van der Waals surface area contributed by atoms with E-state index >= 15 is 0 Å². The first-order valence-corrected chi connectivity index (χ1v) is 17.8. The highest BCUT2D eigenvalue weighted by atomic mass is 16.3. The monoisotopic (exact) mass is 688 g/mol. The van der Waals surface area contributed by atoms with Gasteiger partial charge in [0, 0.05) is 21.5 Å². The third-order valence-electron chi connectivity index (χ3n) is 10.3. The largest absolute Gasteiger partial charge is 0.456 e. The first kappa shape index (κ1) is 31.1.